The Morgan fingerprint density at radius 1 is 1.40 bits per heavy atom. The Morgan fingerprint density at radius 2 is 2.10 bits per heavy atom. The lowest BCUT2D eigenvalue weighted by atomic mass is 10.1. The average molecular weight is 279 g/mol. The summed E-state index contributed by atoms with van der Waals surface area (Å²) >= 11 is 0. The lowest BCUT2D eigenvalue weighted by Gasteiger charge is -2.21. The molecule has 110 valence electrons. The molecule has 0 aliphatic rings. The maximum Gasteiger partial charge on any atom is 0.337 e. The summed E-state index contributed by atoms with van der Waals surface area (Å²) in [6.07, 6.45) is 0.884. The number of hydrogen-bond acceptors (Lipinski definition) is 5. The molecule has 20 heavy (non-hydrogen) atoms. The number of carbonyl (C=O) groups is 2. The van der Waals surface area contributed by atoms with Crippen LogP contribution in [0.3, 0.4) is 0 Å². The van der Waals surface area contributed by atoms with E-state index in [4.69, 9.17) is 5.73 Å². The van der Waals surface area contributed by atoms with Gasteiger partial charge in [-0.05, 0) is 24.6 Å². The highest BCUT2D eigenvalue weighted by Crippen LogP contribution is 2.23. The molecule has 1 amide bonds. The van der Waals surface area contributed by atoms with Gasteiger partial charge in [-0.3, -0.25) is 4.79 Å². The molecule has 1 rings (SSSR count). The molecule has 0 fully saturated rings. The fourth-order valence-corrected chi connectivity index (χ4v) is 1.74. The number of esters is 1. The molecule has 0 spiro atoms. The molecule has 3 N–H and O–H groups in total. The first-order valence-electron chi connectivity index (χ1n) is 6.45. The molecule has 0 aliphatic heterocycles. The zero-order chi connectivity index (χ0) is 15.1. The van der Waals surface area contributed by atoms with E-state index in [0.717, 1.165) is 6.42 Å². The van der Waals surface area contributed by atoms with Gasteiger partial charge in [0, 0.05) is 13.6 Å². The van der Waals surface area contributed by atoms with Gasteiger partial charge in [-0.1, -0.05) is 6.92 Å². The largest absolute Gasteiger partial charge is 0.465 e. The number of rotatable bonds is 6. The predicted molar refractivity (Wildman–Crippen MR) is 78.8 cm³/mol. The van der Waals surface area contributed by atoms with Crippen molar-refractivity contribution in [2.24, 2.45) is 0 Å². The Hall–Kier alpha value is -2.24. The lowest BCUT2D eigenvalue weighted by molar-refractivity contribution is -0.119. The summed E-state index contributed by atoms with van der Waals surface area (Å²) in [6.45, 7) is 2.81. The summed E-state index contributed by atoms with van der Waals surface area (Å²) in [5.74, 6) is -0.521. The van der Waals surface area contributed by atoms with Crippen LogP contribution in [-0.2, 0) is 9.53 Å². The summed E-state index contributed by atoms with van der Waals surface area (Å²) in [7, 11) is 3.07. The molecule has 6 nitrogen and oxygen atoms in total. The van der Waals surface area contributed by atoms with Gasteiger partial charge in [0.15, 0.2) is 0 Å². The van der Waals surface area contributed by atoms with Crippen LogP contribution in [0.2, 0.25) is 0 Å². The number of nitrogens with two attached hydrogens (primary N) is 1. The highest BCUT2D eigenvalue weighted by atomic mass is 16.5. The number of nitrogens with one attached hydrogen (secondary N) is 1. The van der Waals surface area contributed by atoms with Crippen LogP contribution in [0.25, 0.3) is 0 Å². The maximum absolute atomic E-state index is 11.7. The number of anilines is 2. The molecule has 0 saturated heterocycles. The van der Waals surface area contributed by atoms with Gasteiger partial charge in [0.2, 0.25) is 5.91 Å². The standard InChI is InChI=1S/C14H21N3O3/c1-4-7-16-13(18)9-17(2)12-8-10(14(19)20-3)5-6-11(12)15/h5-6,8H,4,7,9,15H2,1-3H3,(H,16,18). The van der Waals surface area contributed by atoms with E-state index in [-0.39, 0.29) is 12.5 Å². The number of nitrogen functional groups attached to an aromatic ring is 1. The molecule has 1 aromatic rings. The van der Waals surface area contributed by atoms with E-state index < -0.39 is 5.97 Å². The van der Waals surface area contributed by atoms with Gasteiger partial charge in [0.1, 0.15) is 0 Å². The molecular formula is C14H21N3O3. The smallest absolute Gasteiger partial charge is 0.337 e. The first-order valence-corrected chi connectivity index (χ1v) is 6.45. The lowest BCUT2D eigenvalue weighted by Crippen LogP contribution is -2.35. The zero-order valence-electron chi connectivity index (χ0n) is 12.1. The Morgan fingerprint density at radius 3 is 2.70 bits per heavy atom. The Balaban J connectivity index is 2.83. The van der Waals surface area contributed by atoms with Crippen LogP contribution in [0.4, 0.5) is 11.4 Å². The molecule has 1 aromatic carbocycles. The minimum Gasteiger partial charge on any atom is -0.465 e. The van der Waals surface area contributed by atoms with Crippen LogP contribution in [-0.4, -0.2) is 39.1 Å². The van der Waals surface area contributed by atoms with E-state index in [2.05, 4.69) is 10.1 Å². The van der Waals surface area contributed by atoms with Gasteiger partial charge in [-0.25, -0.2) is 4.79 Å². The van der Waals surface area contributed by atoms with Gasteiger partial charge in [-0.15, -0.1) is 0 Å². The summed E-state index contributed by atoms with van der Waals surface area (Å²) in [4.78, 5) is 24.9. The van der Waals surface area contributed by atoms with Crippen molar-refractivity contribution in [3.63, 3.8) is 0 Å². The van der Waals surface area contributed by atoms with Crippen molar-refractivity contribution in [3.05, 3.63) is 23.8 Å². The van der Waals surface area contributed by atoms with Crippen LogP contribution in [0, 0.1) is 0 Å². The number of carbonyl (C=O) groups excluding carboxylic acids is 2. The van der Waals surface area contributed by atoms with Gasteiger partial charge in [0.05, 0.1) is 30.6 Å². The van der Waals surface area contributed by atoms with Crippen LogP contribution in [0.5, 0.6) is 0 Å². The van der Waals surface area contributed by atoms with Crippen LogP contribution in [0.15, 0.2) is 18.2 Å². The number of likely N-dealkylation sites (N-methyl/N-ethyl adjacent to an activating group) is 1. The van der Waals surface area contributed by atoms with Gasteiger partial charge in [0.25, 0.3) is 0 Å². The van der Waals surface area contributed by atoms with Crippen LogP contribution in [0.1, 0.15) is 23.7 Å². The first-order chi connectivity index (χ1) is 9.49. The maximum atomic E-state index is 11.7. The molecular weight excluding hydrogens is 258 g/mol. The van der Waals surface area contributed by atoms with E-state index in [1.54, 1.807) is 30.1 Å². The molecule has 0 aliphatic carbocycles. The molecule has 0 saturated carbocycles. The van der Waals surface area contributed by atoms with Crippen molar-refractivity contribution in [2.75, 3.05) is 37.9 Å². The molecule has 0 radical (unpaired) electrons. The molecule has 0 heterocycles. The molecule has 0 unspecified atom stereocenters. The molecule has 0 atom stereocenters. The molecule has 0 bridgehead atoms. The summed E-state index contributed by atoms with van der Waals surface area (Å²) in [5, 5.41) is 2.79. The molecule has 0 aromatic heterocycles. The highest BCUT2D eigenvalue weighted by molar-refractivity contribution is 5.92. The SMILES string of the molecule is CCCNC(=O)CN(C)c1cc(C(=O)OC)ccc1N. The molecule has 6 heteroatoms. The van der Waals surface area contributed by atoms with Crippen molar-refractivity contribution < 1.29 is 14.3 Å². The normalized spacial score (nSPS) is 9.95. The number of methoxy groups -OCH3 is 1. The monoisotopic (exact) mass is 279 g/mol. The van der Waals surface area contributed by atoms with Gasteiger partial charge in [-0.2, -0.15) is 0 Å². The van der Waals surface area contributed by atoms with E-state index in [0.29, 0.717) is 23.5 Å². The van der Waals surface area contributed by atoms with Crippen LogP contribution >= 0.6 is 0 Å². The van der Waals surface area contributed by atoms with Gasteiger partial charge >= 0.3 is 5.97 Å². The zero-order valence-corrected chi connectivity index (χ0v) is 12.1. The third-order valence-electron chi connectivity index (χ3n) is 2.82. The second-order valence-corrected chi connectivity index (χ2v) is 4.47. The van der Waals surface area contributed by atoms with Crippen molar-refractivity contribution in [2.45, 2.75) is 13.3 Å². The quantitative estimate of drug-likeness (QED) is 0.600. The third-order valence-corrected chi connectivity index (χ3v) is 2.82. The second-order valence-electron chi connectivity index (χ2n) is 4.47. The number of benzene rings is 1. The van der Waals surface area contributed by atoms with Crippen molar-refractivity contribution in [1.82, 2.24) is 5.32 Å². The fourth-order valence-electron chi connectivity index (χ4n) is 1.74. The number of hydrogen-bond donors (Lipinski definition) is 2. The highest BCUT2D eigenvalue weighted by Gasteiger charge is 2.13. The second kappa shape index (κ2) is 7.37. The minimum absolute atomic E-state index is 0.0859. The summed E-state index contributed by atoms with van der Waals surface area (Å²) in [6, 6.07) is 4.84. The van der Waals surface area contributed by atoms with Crippen molar-refractivity contribution in [3.8, 4) is 0 Å². The average Bonchev–Trinajstić information content (AvgIpc) is 2.44. The summed E-state index contributed by atoms with van der Waals surface area (Å²) < 4.78 is 4.67. The number of ether oxygens (including phenoxy) is 1. The fraction of sp³-hybridized carbons (Fsp3) is 0.429. The van der Waals surface area contributed by atoms with E-state index >= 15 is 0 Å². The van der Waals surface area contributed by atoms with Crippen molar-refractivity contribution in [1.29, 1.82) is 0 Å². The number of amides is 1. The first kappa shape index (κ1) is 15.8. The minimum atomic E-state index is -0.435. The Kier molecular flexibility index (Phi) is 5.83. The third kappa shape index (κ3) is 4.15. The predicted octanol–water partition coefficient (Wildman–Crippen LogP) is 1.02. The van der Waals surface area contributed by atoms with E-state index in [9.17, 15) is 9.59 Å². The van der Waals surface area contributed by atoms with Crippen LogP contribution < -0.4 is 16.0 Å². The van der Waals surface area contributed by atoms with Crippen molar-refractivity contribution >= 4 is 23.3 Å². The topological polar surface area (TPSA) is 84.7 Å². The Bertz CT molecular complexity index is 489. The summed E-state index contributed by atoms with van der Waals surface area (Å²) in [5.41, 5.74) is 7.41. The Labute approximate surface area is 118 Å². The van der Waals surface area contributed by atoms with E-state index in [1.807, 2.05) is 6.92 Å². The number of nitrogens with zero attached hydrogens (tertiary/aromatic N) is 1. The van der Waals surface area contributed by atoms with E-state index in [1.165, 1.54) is 7.11 Å². The van der Waals surface area contributed by atoms with Gasteiger partial charge < -0.3 is 20.7 Å².